The van der Waals surface area contributed by atoms with Crippen LogP contribution in [0.5, 0.6) is 11.5 Å². The highest BCUT2D eigenvalue weighted by Crippen LogP contribution is 2.35. The minimum absolute atomic E-state index is 0.0318. The average molecular weight is 335 g/mol. The van der Waals surface area contributed by atoms with Gasteiger partial charge in [-0.05, 0) is 36.9 Å². The Morgan fingerprint density at radius 3 is 2.58 bits per heavy atom. The predicted octanol–water partition coefficient (Wildman–Crippen LogP) is 1.95. The number of carbonyl (C=O) groups excluding carboxylic acids is 1. The fourth-order valence-electron chi connectivity index (χ4n) is 3.26. The molecule has 24 heavy (non-hydrogen) atoms. The van der Waals surface area contributed by atoms with E-state index in [1.807, 2.05) is 13.0 Å². The van der Waals surface area contributed by atoms with Crippen molar-refractivity contribution < 1.29 is 14.3 Å². The predicted molar refractivity (Wildman–Crippen MR) is 95.5 cm³/mol. The van der Waals surface area contributed by atoms with Crippen LogP contribution in [-0.4, -0.2) is 50.7 Å². The van der Waals surface area contributed by atoms with E-state index in [4.69, 9.17) is 15.2 Å². The first-order chi connectivity index (χ1) is 11.3. The van der Waals surface area contributed by atoms with Gasteiger partial charge in [-0.3, -0.25) is 9.69 Å². The standard InChI is InChI=1S/C18H29N3O3/c1-12(21-10-13(9-19)18(2,3)11-21)17(22)20-14-6-7-15(23-4)16(8-14)24-5/h6-8,12-13H,9-11,19H2,1-5H3,(H,20,22). The number of nitrogens with two attached hydrogens (primary N) is 1. The number of nitrogens with one attached hydrogen (secondary N) is 1. The summed E-state index contributed by atoms with van der Waals surface area (Å²) in [4.78, 5) is 14.8. The lowest BCUT2D eigenvalue weighted by Crippen LogP contribution is -2.41. The molecule has 0 saturated carbocycles. The van der Waals surface area contributed by atoms with Gasteiger partial charge in [-0.2, -0.15) is 0 Å². The van der Waals surface area contributed by atoms with E-state index >= 15 is 0 Å². The number of rotatable bonds is 6. The van der Waals surface area contributed by atoms with Gasteiger partial charge in [0, 0.05) is 24.8 Å². The number of ether oxygens (including phenoxy) is 2. The van der Waals surface area contributed by atoms with E-state index in [0.717, 1.165) is 13.1 Å². The van der Waals surface area contributed by atoms with Crippen molar-refractivity contribution in [1.82, 2.24) is 4.90 Å². The maximum atomic E-state index is 12.6. The van der Waals surface area contributed by atoms with Gasteiger partial charge in [-0.15, -0.1) is 0 Å². The van der Waals surface area contributed by atoms with Gasteiger partial charge in [-0.25, -0.2) is 0 Å². The molecule has 1 aliphatic rings. The van der Waals surface area contributed by atoms with Crippen LogP contribution in [-0.2, 0) is 4.79 Å². The Kier molecular flexibility index (Phi) is 5.72. The number of carbonyl (C=O) groups is 1. The zero-order valence-corrected chi connectivity index (χ0v) is 15.3. The van der Waals surface area contributed by atoms with Crippen molar-refractivity contribution in [3.05, 3.63) is 18.2 Å². The number of anilines is 1. The summed E-state index contributed by atoms with van der Waals surface area (Å²) in [6.45, 7) is 8.73. The van der Waals surface area contributed by atoms with E-state index in [0.29, 0.717) is 29.6 Å². The second-order valence-electron chi connectivity index (χ2n) is 7.09. The number of hydrogen-bond donors (Lipinski definition) is 2. The van der Waals surface area contributed by atoms with E-state index < -0.39 is 0 Å². The van der Waals surface area contributed by atoms with E-state index in [9.17, 15) is 4.79 Å². The van der Waals surface area contributed by atoms with Crippen molar-refractivity contribution in [2.45, 2.75) is 26.8 Å². The summed E-state index contributed by atoms with van der Waals surface area (Å²) in [5.41, 5.74) is 6.70. The van der Waals surface area contributed by atoms with Gasteiger partial charge >= 0.3 is 0 Å². The molecule has 2 unspecified atom stereocenters. The van der Waals surface area contributed by atoms with Crippen LogP contribution < -0.4 is 20.5 Å². The molecule has 6 heteroatoms. The Hall–Kier alpha value is -1.79. The first kappa shape index (κ1) is 18.5. The monoisotopic (exact) mass is 335 g/mol. The zero-order chi connectivity index (χ0) is 17.9. The molecule has 0 radical (unpaired) electrons. The number of benzene rings is 1. The third-order valence-corrected chi connectivity index (χ3v) is 5.03. The van der Waals surface area contributed by atoms with Crippen LogP contribution in [0.3, 0.4) is 0 Å². The van der Waals surface area contributed by atoms with Gasteiger partial charge in [0.2, 0.25) is 5.91 Å². The normalized spacial score (nSPS) is 21.3. The summed E-state index contributed by atoms with van der Waals surface area (Å²) in [5, 5.41) is 2.96. The molecular formula is C18H29N3O3. The molecule has 0 aliphatic carbocycles. The van der Waals surface area contributed by atoms with E-state index in [-0.39, 0.29) is 17.4 Å². The lowest BCUT2D eigenvalue weighted by molar-refractivity contribution is -0.120. The smallest absolute Gasteiger partial charge is 0.241 e. The van der Waals surface area contributed by atoms with Gasteiger partial charge in [0.1, 0.15) is 0 Å². The molecule has 1 heterocycles. The molecule has 6 nitrogen and oxygen atoms in total. The molecule has 0 spiro atoms. The van der Waals surface area contributed by atoms with Gasteiger partial charge in [0.15, 0.2) is 11.5 Å². The van der Waals surface area contributed by atoms with Crippen molar-refractivity contribution in [1.29, 1.82) is 0 Å². The molecule has 3 N–H and O–H groups in total. The molecule has 1 aromatic rings. The summed E-state index contributed by atoms with van der Waals surface area (Å²) in [7, 11) is 3.16. The lowest BCUT2D eigenvalue weighted by atomic mass is 9.82. The minimum atomic E-state index is -0.214. The molecule has 1 amide bonds. The number of nitrogens with zero attached hydrogens (tertiary/aromatic N) is 1. The largest absolute Gasteiger partial charge is 0.493 e. The van der Waals surface area contributed by atoms with Crippen LogP contribution in [0, 0.1) is 11.3 Å². The van der Waals surface area contributed by atoms with Crippen molar-refractivity contribution in [2.24, 2.45) is 17.1 Å². The Morgan fingerprint density at radius 2 is 2.04 bits per heavy atom. The Bertz CT molecular complexity index is 589. The second-order valence-corrected chi connectivity index (χ2v) is 7.09. The molecule has 1 saturated heterocycles. The number of methoxy groups -OCH3 is 2. The topological polar surface area (TPSA) is 76.8 Å². The summed E-state index contributed by atoms with van der Waals surface area (Å²) in [5.74, 6) is 1.61. The summed E-state index contributed by atoms with van der Waals surface area (Å²) < 4.78 is 10.5. The molecule has 1 aliphatic heterocycles. The van der Waals surface area contributed by atoms with E-state index in [1.54, 1.807) is 26.4 Å². The highest BCUT2D eigenvalue weighted by Gasteiger charge is 2.41. The van der Waals surface area contributed by atoms with Crippen molar-refractivity contribution >= 4 is 11.6 Å². The molecule has 1 aromatic carbocycles. The molecule has 2 atom stereocenters. The summed E-state index contributed by atoms with van der Waals surface area (Å²) >= 11 is 0. The van der Waals surface area contributed by atoms with Gasteiger partial charge in [0.25, 0.3) is 0 Å². The summed E-state index contributed by atoms with van der Waals surface area (Å²) in [6.07, 6.45) is 0. The van der Waals surface area contributed by atoms with Crippen LogP contribution >= 0.6 is 0 Å². The Balaban J connectivity index is 2.05. The maximum absolute atomic E-state index is 12.6. The maximum Gasteiger partial charge on any atom is 0.241 e. The zero-order valence-electron chi connectivity index (χ0n) is 15.3. The van der Waals surface area contributed by atoms with Crippen LogP contribution in [0.2, 0.25) is 0 Å². The van der Waals surface area contributed by atoms with E-state index in [1.165, 1.54) is 0 Å². The van der Waals surface area contributed by atoms with Crippen molar-refractivity contribution in [2.75, 3.05) is 39.2 Å². The SMILES string of the molecule is COc1ccc(NC(=O)C(C)N2CC(CN)C(C)(C)C2)cc1OC. The lowest BCUT2D eigenvalue weighted by Gasteiger charge is -2.26. The molecule has 134 valence electrons. The molecule has 2 rings (SSSR count). The van der Waals surface area contributed by atoms with Crippen LogP contribution in [0.25, 0.3) is 0 Å². The Labute approximate surface area is 144 Å². The van der Waals surface area contributed by atoms with Crippen LogP contribution in [0.4, 0.5) is 5.69 Å². The fraction of sp³-hybridized carbons (Fsp3) is 0.611. The number of amides is 1. The van der Waals surface area contributed by atoms with Crippen LogP contribution in [0.15, 0.2) is 18.2 Å². The highest BCUT2D eigenvalue weighted by atomic mass is 16.5. The van der Waals surface area contributed by atoms with Gasteiger partial charge in [-0.1, -0.05) is 13.8 Å². The fourth-order valence-corrected chi connectivity index (χ4v) is 3.26. The van der Waals surface area contributed by atoms with Crippen molar-refractivity contribution in [3.63, 3.8) is 0 Å². The third-order valence-electron chi connectivity index (χ3n) is 5.03. The average Bonchev–Trinajstić information content (AvgIpc) is 2.88. The van der Waals surface area contributed by atoms with Gasteiger partial charge in [0.05, 0.1) is 20.3 Å². The summed E-state index contributed by atoms with van der Waals surface area (Å²) in [6, 6.07) is 5.14. The molecule has 0 bridgehead atoms. The van der Waals surface area contributed by atoms with Crippen molar-refractivity contribution in [3.8, 4) is 11.5 Å². The molecule has 0 aromatic heterocycles. The molecular weight excluding hydrogens is 306 g/mol. The van der Waals surface area contributed by atoms with Crippen LogP contribution in [0.1, 0.15) is 20.8 Å². The number of likely N-dealkylation sites (tertiary alicyclic amines) is 1. The molecule has 1 fully saturated rings. The first-order valence-electron chi connectivity index (χ1n) is 8.29. The first-order valence-corrected chi connectivity index (χ1v) is 8.29. The van der Waals surface area contributed by atoms with E-state index in [2.05, 4.69) is 24.1 Å². The quantitative estimate of drug-likeness (QED) is 0.831. The second kappa shape index (κ2) is 7.40. The van der Waals surface area contributed by atoms with Gasteiger partial charge < -0.3 is 20.5 Å². The number of hydrogen-bond acceptors (Lipinski definition) is 5. The third kappa shape index (κ3) is 3.82. The highest BCUT2D eigenvalue weighted by molar-refractivity contribution is 5.94. The minimum Gasteiger partial charge on any atom is -0.493 e. The Morgan fingerprint density at radius 1 is 1.38 bits per heavy atom.